The molecule has 6 heteroatoms. The van der Waals surface area contributed by atoms with Gasteiger partial charge in [-0.2, -0.15) is 0 Å². The molecule has 0 spiro atoms. The van der Waals surface area contributed by atoms with Gasteiger partial charge in [0.25, 0.3) is 0 Å². The summed E-state index contributed by atoms with van der Waals surface area (Å²) in [6.45, 7) is 0.522. The first-order chi connectivity index (χ1) is 10.5. The van der Waals surface area contributed by atoms with E-state index in [0.29, 0.717) is 48.7 Å². The van der Waals surface area contributed by atoms with Crippen LogP contribution in [0.4, 0.5) is 0 Å². The summed E-state index contributed by atoms with van der Waals surface area (Å²) in [4.78, 5) is 23.0. The zero-order valence-corrected chi connectivity index (χ0v) is 13.7. The molecule has 1 saturated carbocycles. The molecule has 22 heavy (non-hydrogen) atoms. The van der Waals surface area contributed by atoms with Gasteiger partial charge >= 0.3 is 5.97 Å². The van der Waals surface area contributed by atoms with E-state index in [1.807, 2.05) is 12.1 Å². The minimum atomic E-state index is -0.753. The fourth-order valence-corrected chi connectivity index (χ4v) is 3.40. The highest BCUT2D eigenvalue weighted by Crippen LogP contribution is 2.29. The van der Waals surface area contributed by atoms with E-state index in [2.05, 4.69) is 5.32 Å². The number of hydrogen-bond donors (Lipinski definition) is 2. The monoisotopic (exact) mass is 343 g/mol. The summed E-state index contributed by atoms with van der Waals surface area (Å²) in [6.07, 6.45) is 3.11. The molecular weight excluding hydrogens is 325 g/mol. The zero-order valence-electron chi connectivity index (χ0n) is 12.1. The number of aliphatic carboxylic acids is 1. The van der Waals surface area contributed by atoms with Gasteiger partial charge in [-0.25, -0.2) is 0 Å². The van der Waals surface area contributed by atoms with Crippen LogP contribution >= 0.6 is 23.2 Å². The van der Waals surface area contributed by atoms with E-state index in [1.165, 1.54) is 0 Å². The van der Waals surface area contributed by atoms with Gasteiger partial charge in [-0.05, 0) is 55.9 Å². The molecule has 1 fully saturated rings. The lowest BCUT2D eigenvalue weighted by Gasteiger charge is -2.25. The second-order valence-electron chi connectivity index (χ2n) is 5.71. The molecule has 2 rings (SSSR count). The third-order valence-corrected chi connectivity index (χ3v) is 4.52. The maximum Gasteiger partial charge on any atom is 0.306 e. The summed E-state index contributed by atoms with van der Waals surface area (Å²) in [5.74, 6) is -1.11. The highest BCUT2D eigenvalue weighted by Gasteiger charge is 2.29. The summed E-state index contributed by atoms with van der Waals surface area (Å²) in [5.41, 5.74) is 0.979. The SMILES string of the molecule is O=C(O)C1CCC(C(=O)NCCc2cc(Cl)cc(Cl)c2)CC1. The third kappa shape index (κ3) is 4.89. The Kier molecular flexibility index (Phi) is 6.09. The molecule has 2 N–H and O–H groups in total. The van der Waals surface area contributed by atoms with Crippen molar-refractivity contribution >= 4 is 35.1 Å². The van der Waals surface area contributed by atoms with Gasteiger partial charge in [0.05, 0.1) is 5.92 Å². The summed E-state index contributed by atoms with van der Waals surface area (Å²) < 4.78 is 0. The van der Waals surface area contributed by atoms with Crippen LogP contribution in [0.3, 0.4) is 0 Å². The summed E-state index contributed by atoms with van der Waals surface area (Å²) in [5, 5.41) is 13.0. The van der Waals surface area contributed by atoms with E-state index in [9.17, 15) is 9.59 Å². The number of benzene rings is 1. The Morgan fingerprint density at radius 2 is 1.59 bits per heavy atom. The molecular formula is C16H19Cl2NO3. The Morgan fingerprint density at radius 3 is 2.14 bits per heavy atom. The minimum absolute atomic E-state index is 0.0111. The van der Waals surface area contributed by atoms with E-state index >= 15 is 0 Å². The largest absolute Gasteiger partial charge is 0.481 e. The summed E-state index contributed by atoms with van der Waals surface area (Å²) in [7, 11) is 0. The van der Waals surface area contributed by atoms with Gasteiger partial charge in [0.1, 0.15) is 0 Å². The van der Waals surface area contributed by atoms with Crippen LogP contribution in [0.1, 0.15) is 31.2 Å². The van der Waals surface area contributed by atoms with Crippen molar-refractivity contribution in [1.82, 2.24) is 5.32 Å². The van der Waals surface area contributed by atoms with Crippen LogP contribution < -0.4 is 5.32 Å². The van der Waals surface area contributed by atoms with Crippen LogP contribution in [0.2, 0.25) is 10.0 Å². The van der Waals surface area contributed by atoms with E-state index < -0.39 is 5.97 Å². The second-order valence-corrected chi connectivity index (χ2v) is 6.58. The lowest BCUT2D eigenvalue weighted by atomic mass is 9.81. The van der Waals surface area contributed by atoms with Crippen LogP contribution in [-0.4, -0.2) is 23.5 Å². The van der Waals surface area contributed by atoms with Crippen molar-refractivity contribution in [3.05, 3.63) is 33.8 Å². The zero-order chi connectivity index (χ0) is 16.1. The average Bonchev–Trinajstić information content (AvgIpc) is 2.46. The van der Waals surface area contributed by atoms with Crippen LogP contribution in [0, 0.1) is 11.8 Å². The maximum atomic E-state index is 12.1. The van der Waals surface area contributed by atoms with Crippen molar-refractivity contribution in [1.29, 1.82) is 0 Å². The Bertz CT molecular complexity index is 534. The third-order valence-electron chi connectivity index (χ3n) is 4.08. The number of carbonyl (C=O) groups excluding carboxylic acids is 1. The van der Waals surface area contributed by atoms with E-state index in [1.54, 1.807) is 6.07 Å². The highest BCUT2D eigenvalue weighted by atomic mass is 35.5. The lowest BCUT2D eigenvalue weighted by molar-refractivity contribution is -0.144. The number of carboxylic acids is 1. The summed E-state index contributed by atoms with van der Waals surface area (Å²) >= 11 is 11.9. The smallest absolute Gasteiger partial charge is 0.306 e. The molecule has 1 aromatic carbocycles. The van der Waals surface area contributed by atoms with E-state index in [0.717, 1.165) is 5.56 Å². The van der Waals surface area contributed by atoms with E-state index in [4.69, 9.17) is 28.3 Å². The molecule has 0 aromatic heterocycles. The molecule has 1 amide bonds. The lowest BCUT2D eigenvalue weighted by Crippen LogP contribution is -2.35. The second kappa shape index (κ2) is 7.84. The number of nitrogens with one attached hydrogen (secondary N) is 1. The summed E-state index contributed by atoms with van der Waals surface area (Å²) in [6, 6.07) is 5.33. The molecule has 4 nitrogen and oxygen atoms in total. The first kappa shape index (κ1) is 17.1. The van der Waals surface area contributed by atoms with Crippen molar-refractivity contribution < 1.29 is 14.7 Å². The van der Waals surface area contributed by atoms with Gasteiger partial charge in [0.15, 0.2) is 0 Å². The molecule has 0 atom stereocenters. The maximum absolute atomic E-state index is 12.1. The van der Waals surface area contributed by atoms with Gasteiger partial charge in [0, 0.05) is 22.5 Å². The van der Waals surface area contributed by atoms with Crippen molar-refractivity contribution in [3.8, 4) is 0 Å². The molecule has 0 heterocycles. The number of amides is 1. The molecule has 1 aromatic rings. The van der Waals surface area contributed by atoms with Gasteiger partial charge in [-0.15, -0.1) is 0 Å². The first-order valence-corrected chi connectivity index (χ1v) is 8.17. The van der Waals surface area contributed by atoms with Gasteiger partial charge < -0.3 is 10.4 Å². The topological polar surface area (TPSA) is 66.4 Å². The number of rotatable bonds is 5. The molecule has 0 saturated heterocycles. The van der Waals surface area contributed by atoms with Crippen molar-refractivity contribution in [2.24, 2.45) is 11.8 Å². The predicted molar refractivity (Wildman–Crippen MR) is 86.3 cm³/mol. The fraction of sp³-hybridized carbons (Fsp3) is 0.500. The molecule has 0 radical (unpaired) electrons. The highest BCUT2D eigenvalue weighted by molar-refractivity contribution is 6.34. The average molecular weight is 344 g/mol. The van der Waals surface area contributed by atoms with Crippen LogP contribution in [0.25, 0.3) is 0 Å². The molecule has 120 valence electrons. The van der Waals surface area contributed by atoms with Crippen molar-refractivity contribution in [2.45, 2.75) is 32.1 Å². The quantitative estimate of drug-likeness (QED) is 0.859. The van der Waals surface area contributed by atoms with Crippen LogP contribution in [-0.2, 0) is 16.0 Å². The Morgan fingerprint density at radius 1 is 1.05 bits per heavy atom. The minimum Gasteiger partial charge on any atom is -0.481 e. The Hall–Kier alpha value is -1.26. The Balaban J connectivity index is 1.75. The molecule has 1 aliphatic carbocycles. The van der Waals surface area contributed by atoms with Gasteiger partial charge in [0.2, 0.25) is 5.91 Å². The van der Waals surface area contributed by atoms with Crippen LogP contribution in [0.15, 0.2) is 18.2 Å². The fourth-order valence-electron chi connectivity index (χ4n) is 2.83. The van der Waals surface area contributed by atoms with Crippen molar-refractivity contribution in [2.75, 3.05) is 6.54 Å². The predicted octanol–water partition coefficient (Wildman–Crippen LogP) is 3.54. The number of carbonyl (C=O) groups is 2. The normalized spacial score (nSPS) is 21.4. The van der Waals surface area contributed by atoms with Crippen molar-refractivity contribution in [3.63, 3.8) is 0 Å². The standard InChI is InChI=1S/C16H19Cl2NO3/c17-13-7-10(8-14(18)9-13)5-6-19-15(20)11-1-3-12(4-2-11)16(21)22/h7-9,11-12H,1-6H2,(H,19,20)(H,21,22). The Labute approximate surface area is 139 Å². The number of hydrogen-bond acceptors (Lipinski definition) is 2. The van der Waals surface area contributed by atoms with E-state index in [-0.39, 0.29) is 17.7 Å². The van der Waals surface area contributed by atoms with Crippen LogP contribution in [0.5, 0.6) is 0 Å². The first-order valence-electron chi connectivity index (χ1n) is 7.41. The molecule has 0 aliphatic heterocycles. The number of halogens is 2. The van der Waals surface area contributed by atoms with Gasteiger partial charge in [-0.3, -0.25) is 9.59 Å². The molecule has 0 unspecified atom stereocenters. The molecule has 1 aliphatic rings. The molecule has 0 bridgehead atoms. The number of carboxylic acid groups (broad SMARTS) is 1. The van der Waals surface area contributed by atoms with Gasteiger partial charge in [-0.1, -0.05) is 23.2 Å².